The Balaban J connectivity index is 1.53. The number of rotatable bonds is 7. The van der Waals surface area contributed by atoms with Crippen molar-refractivity contribution in [3.8, 4) is 11.4 Å². The van der Waals surface area contributed by atoms with E-state index in [1.165, 1.54) is 17.8 Å². The highest BCUT2D eigenvalue weighted by atomic mass is 32.2. The van der Waals surface area contributed by atoms with Gasteiger partial charge in [-0.2, -0.15) is 0 Å². The van der Waals surface area contributed by atoms with E-state index in [1.807, 2.05) is 39.8 Å². The number of hydrogen-bond donors (Lipinski definition) is 0. The van der Waals surface area contributed by atoms with Crippen molar-refractivity contribution in [3.05, 3.63) is 66.2 Å². The largest absolute Gasteiger partial charge is 0.483 e. The van der Waals surface area contributed by atoms with E-state index >= 15 is 0 Å². The lowest BCUT2D eigenvalue weighted by molar-refractivity contribution is -0.134. The molecule has 1 aromatic heterocycles. The minimum atomic E-state index is -0.428. The molecule has 0 saturated carbocycles. The maximum Gasteiger partial charge on any atom is 0.233 e. The normalized spacial score (nSPS) is 18.5. The summed E-state index contributed by atoms with van der Waals surface area (Å²) in [5, 5.41) is 9.20. The van der Waals surface area contributed by atoms with Crippen molar-refractivity contribution in [2.24, 2.45) is 0 Å². The van der Waals surface area contributed by atoms with Crippen LogP contribution in [0.4, 0.5) is 4.39 Å². The lowest BCUT2D eigenvalue weighted by atomic mass is 9.98. The standard InChI is InChI=1S/C24H27FN4O2S/c1-17-9-8-10-18(2)28(17)23(30)16-32-24-27-26-22(29(24)19-11-4-3-5-12-19)15-31-21-14-7-6-13-20(21)25/h3-7,11-14,17-18H,8-10,15-16H2,1-2H3/t17-,18-/m0/s1. The first-order valence-corrected chi connectivity index (χ1v) is 11.8. The highest BCUT2D eigenvalue weighted by Gasteiger charge is 2.29. The van der Waals surface area contributed by atoms with Crippen LogP contribution < -0.4 is 4.74 Å². The molecule has 2 atom stereocenters. The van der Waals surface area contributed by atoms with E-state index in [9.17, 15) is 9.18 Å². The van der Waals surface area contributed by atoms with Crippen LogP contribution in [0.2, 0.25) is 0 Å². The number of carbonyl (C=O) groups is 1. The van der Waals surface area contributed by atoms with Crippen LogP contribution in [-0.2, 0) is 11.4 Å². The van der Waals surface area contributed by atoms with E-state index in [0.717, 1.165) is 24.9 Å². The van der Waals surface area contributed by atoms with Crippen LogP contribution in [0.1, 0.15) is 38.9 Å². The topological polar surface area (TPSA) is 60.3 Å². The Bertz CT molecular complexity index is 1050. The molecule has 0 aliphatic carbocycles. The summed E-state index contributed by atoms with van der Waals surface area (Å²) in [6.45, 7) is 4.28. The van der Waals surface area contributed by atoms with Crippen molar-refractivity contribution >= 4 is 17.7 Å². The second kappa shape index (κ2) is 10.2. The Morgan fingerprint density at radius 1 is 1.06 bits per heavy atom. The first kappa shape index (κ1) is 22.3. The smallest absolute Gasteiger partial charge is 0.233 e. The number of thioether (sulfide) groups is 1. The molecule has 0 radical (unpaired) electrons. The highest BCUT2D eigenvalue weighted by molar-refractivity contribution is 7.99. The maximum absolute atomic E-state index is 14.0. The minimum Gasteiger partial charge on any atom is -0.483 e. The Hall–Kier alpha value is -2.87. The summed E-state index contributed by atoms with van der Waals surface area (Å²) >= 11 is 1.36. The van der Waals surface area contributed by atoms with Gasteiger partial charge in [0.05, 0.1) is 5.75 Å². The quantitative estimate of drug-likeness (QED) is 0.477. The van der Waals surface area contributed by atoms with Gasteiger partial charge in [0.15, 0.2) is 22.5 Å². The first-order valence-electron chi connectivity index (χ1n) is 10.9. The molecule has 3 aromatic rings. The third kappa shape index (κ3) is 4.96. The number of piperidine rings is 1. The average Bonchev–Trinajstić information content (AvgIpc) is 3.20. The molecule has 6 nitrogen and oxygen atoms in total. The second-order valence-electron chi connectivity index (χ2n) is 8.01. The van der Waals surface area contributed by atoms with Gasteiger partial charge in [0.1, 0.15) is 6.61 Å². The van der Waals surface area contributed by atoms with Gasteiger partial charge in [0.2, 0.25) is 5.91 Å². The summed E-state index contributed by atoms with van der Waals surface area (Å²) in [4.78, 5) is 15.0. The molecule has 0 bridgehead atoms. The van der Waals surface area contributed by atoms with Crippen molar-refractivity contribution in [2.75, 3.05) is 5.75 Å². The number of aromatic nitrogens is 3. The van der Waals surface area contributed by atoms with Gasteiger partial charge >= 0.3 is 0 Å². The molecule has 168 valence electrons. The van der Waals surface area contributed by atoms with E-state index in [0.29, 0.717) is 11.0 Å². The molecule has 0 spiro atoms. The number of hydrogen-bond acceptors (Lipinski definition) is 5. The Morgan fingerprint density at radius 3 is 2.47 bits per heavy atom. The van der Waals surface area contributed by atoms with E-state index in [2.05, 4.69) is 24.0 Å². The fraction of sp³-hybridized carbons (Fsp3) is 0.375. The average molecular weight is 455 g/mol. The molecule has 8 heteroatoms. The zero-order chi connectivity index (χ0) is 22.5. The lowest BCUT2D eigenvalue weighted by Crippen LogP contribution is -2.48. The molecule has 1 aliphatic heterocycles. The van der Waals surface area contributed by atoms with E-state index in [-0.39, 0.29) is 36.1 Å². The van der Waals surface area contributed by atoms with Gasteiger partial charge in [-0.05, 0) is 57.4 Å². The Morgan fingerprint density at radius 2 is 1.75 bits per heavy atom. The van der Waals surface area contributed by atoms with Gasteiger partial charge in [-0.1, -0.05) is 42.1 Å². The second-order valence-corrected chi connectivity index (χ2v) is 8.95. The number of para-hydroxylation sites is 2. The van der Waals surface area contributed by atoms with Crippen LogP contribution in [0.3, 0.4) is 0 Å². The molecule has 0 unspecified atom stereocenters. The molecule has 1 amide bonds. The fourth-order valence-corrected chi connectivity index (χ4v) is 4.98. The molecule has 32 heavy (non-hydrogen) atoms. The van der Waals surface area contributed by atoms with Gasteiger partial charge in [0.25, 0.3) is 0 Å². The van der Waals surface area contributed by atoms with Crippen LogP contribution in [0.5, 0.6) is 5.75 Å². The molecule has 2 heterocycles. The van der Waals surface area contributed by atoms with E-state index in [1.54, 1.807) is 18.2 Å². The monoisotopic (exact) mass is 454 g/mol. The van der Waals surface area contributed by atoms with E-state index in [4.69, 9.17) is 4.74 Å². The predicted molar refractivity (Wildman–Crippen MR) is 122 cm³/mol. The summed E-state index contributed by atoms with van der Waals surface area (Å²) in [6.07, 6.45) is 3.24. The number of halogens is 1. The molecule has 0 N–H and O–H groups in total. The summed E-state index contributed by atoms with van der Waals surface area (Å²) < 4.78 is 21.5. The zero-order valence-electron chi connectivity index (χ0n) is 18.3. The molecular weight excluding hydrogens is 427 g/mol. The van der Waals surface area contributed by atoms with Crippen LogP contribution in [0, 0.1) is 5.82 Å². The molecule has 1 aliphatic rings. The van der Waals surface area contributed by atoms with Crippen LogP contribution in [-0.4, -0.2) is 43.4 Å². The number of ether oxygens (including phenoxy) is 1. The van der Waals surface area contributed by atoms with Crippen LogP contribution in [0.25, 0.3) is 5.69 Å². The summed E-state index contributed by atoms with van der Waals surface area (Å²) in [7, 11) is 0. The summed E-state index contributed by atoms with van der Waals surface area (Å²) in [5.41, 5.74) is 0.860. The molecule has 2 aromatic carbocycles. The maximum atomic E-state index is 14.0. The van der Waals surface area contributed by atoms with Crippen LogP contribution >= 0.6 is 11.8 Å². The zero-order valence-corrected chi connectivity index (χ0v) is 19.1. The van der Waals surface area contributed by atoms with Gasteiger partial charge in [0, 0.05) is 17.8 Å². The van der Waals surface area contributed by atoms with Crippen molar-refractivity contribution in [1.29, 1.82) is 0 Å². The predicted octanol–water partition coefficient (Wildman–Crippen LogP) is 4.87. The van der Waals surface area contributed by atoms with Crippen LogP contribution in [0.15, 0.2) is 59.8 Å². The minimum absolute atomic E-state index is 0.0531. The van der Waals surface area contributed by atoms with Crippen molar-refractivity contribution in [2.45, 2.75) is 57.0 Å². The van der Waals surface area contributed by atoms with Crippen molar-refractivity contribution < 1.29 is 13.9 Å². The van der Waals surface area contributed by atoms with Crippen molar-refractivity contribution in [3.63, 3.8) is 0 Å². The number of likely N-dealkylation sites (tertiary alicyclic amines) is 1. The Kier molecular flexibility index (Phi) is 7.09. The molecular formula is C24H27FN4O2S. The SMILES string of the molecule is C[C@H]1CCC[C@H](C)N1C(=O)CSc1nnc(COc2ccccc2F)n1-c1ccccc1. The summed E-state index contributed by atoms with van der Waals surface area (Å²) in [5.74, 6) is 0.666. The summed E-state index contributed by atoms with van der Waals surface area (Å²) in [6, 6.07) is 16.4. The number of benzene rings is 2. The third-order valence-corrected chi connectivity index (χ3v) is 6.63. The van der Waals surface area contributed by atoms with Gasteiger partial charge in [-0.3, -0.25) is 9.36 Å². The lowest BCUT2D eigenvalue weighted by Gasteiger charge is -2.39. The molecule has 1 fully saturated rings. The van der Waals surface area contributed by atoms with Gasteiger partial charge in [-0.25, -0.2) is 4.39 Å². The van der Waals surface area contributed by atoms with E-state index < -0.39 is 5.82 Å². The number of carbonyl (C=O) groups excluding carboxylic acids is 1. The third-order valence-electron chi connectivity index (χ3n) is 5.71. The highest BCUT2D eigenvalue weighted by Crippen LogP contribution is 2.27. The van der Waals surface area contributed by atoms with Crippen molar-refractivity contribution in [1.82, 2.24) is 19.7 Å². The van der Waals surface area contributed by atoms with Gasteiger partial charge in [-0.15, -0.1) is 10.2 Å². The fourth-order valence-electron chi connectivity index (χ4n) is 4.14. The van der Waals surface area contributed by atoms with Gasteiger partial charge < -0.3 is 9.64 Å². The first-order chi connectivity index (χ1) is 15.5. The molecule has 4 rings (SSSR count). The number of amides is 1. The molecule has 1 saturated heterocycles. The Labute approximate surface area is 191 Å². The number of nitrogens with zero attached hydrogens (tertiary/aromatic N) is 4.